The van der Waals surface area contributed by atoms with Crippen LogP contribution in [0, 0.1) is 0 Å². The van der Waals surface area contributed by atoms with Crippen molar-refractivity contribution in [3.8, 4) is 5.75 Å². The van der Waals surface area contributed by atoms with Gasteiger partial charge in [0.2, 0.25) is 0 Å². The molecule has 20 heavy (non-hydrogen) atoms. The number of nitrogens with zero attached hydrogens (tertiary/aromatic N) is 1. The molecule has 1 aromatic carbocycles. The van der Waals surface area contributed by atoms with E-state index in [1.54, 1.807) is 7.11 Å². The maximum Gasteiger partial charge on any atom is 0.122 e. The van der Waals surface area contributed by atoms with E-state index in [1.807, 2.05) is 32.3 Å². The molecule has 114 valence electrons. The van der Waals surface area contributed by atoms with Crippen LogP contribution < -0.4 is 4.74 Å². The van der Waals surface area contributed by atoms with E-state index < -0.39 is 6.10 Å². The molecule has 0 heterocycles. The summed E-state index contributed by atoms with van der Waals surface area (Å²) in [4.78, 5) is 2.14. The van der Waals surface area contributed by atoms with E-state index in [4.69, 9.17) is 4.74 Å². The molecule has 1 unspecified atom stereocenters. The number of aliphatic hydroxyl groups is 1. The molecule has 0 bridgehead atoms. The summed E-state index contributed by atoms with van der Waals surface area (Å²) in [7, 11) is 5.74. The molecule has 1 atom stereocenters. The molecule has 0 saturated carbocycles. The average molecular weight is 344 g/mol. The summed E-state index contributed by atoms with van der Waals surface area (Å²) in [6.07, 6.45) is 1.97. The van der Waals surface area contributed by atoms with Gasteiger partial charge in [-0.2, -0.15) is 0 Å². The van der Waals surface area contributed by atoms with Crippen molar-refractivity contribution in [1.29, 1.82) is 0 Å². The Labute approximate surface area is 131 Å². The standard InChI is InChI=1S/C16H26BrNO2/c1-6-16(7-2,18(3)4)15(19)11-12-10-13(17)8-9-14(12)20-5/h8-10,15,19H,6-7,11H2,1-5H3. The highest BCUT2D eigenvalue weighted by atomic mass is 79.9. The number of halogens is 1. The number of aliphatic hydroxyl groups excluding tert-OH is 1. The lowest BCUT2D eigenvalue weighted by Crippen LogP contribution is -2.53. The van der Waals surface area contributed by atoms with Gasteiger partial charge in [-0.1, -0.05) is 29.8 Å². The number of hydrogen-bond donors (Lipinski definition) is 1. The second kappa shape index (κ2) is 7.43. The monoisotopic (exact) mass is 343 g/mol. The number of benzene rings is 1. The molecule has 1 rings (SSSR count). The van der Waals surface area contributed by atoms with E-state index in [2.05, 4.69) is 34.7 Å². The fraction of sp³-hybridized carbons (Fsp3) is 0.625. The minimum atomic E-state index is -0.435. The molecular formula is C16H26BrNO2. The fourth-order valence-electron chi connectivity index (χ4n) is 2.96. The Kier molecular flexibility index (Phi) is 6.49. The van der Waals surface area contributed by atoms with Gasteiger partial charge in [-0.15, -0.1) is 0 Å². The number of ether oxygens (including phenoxy) is 1. The molecule has 1 N–H and O–H groups in total. The third-order valence-corrected chi connectivity index (χ3v) is 4.88. The zero-order chi connectivity index (χ0) is 15.3. The Morgan fingerprint density at radius 1 is 1.30 bits per heavy atom. The lowest BCUT2D eigenvalue weighted by atomic mass is 9.82. The lowest BCUT2D eigenvalue weighted by Gasteiger charge is -2.42. The first-order chi connectivity index (χ1) is 9.41. The molecule has 0 amide bonds. The lowest BCUT2D eigenvalue weighted by molar-refractivity contribution is -0.0128. The van der Waals surface area contributed by atoms with Crippen LogP contribution in [0.2, 0.25) is 0 Å². The van der Waals surface area contributed by atoms with Crippen molar-refractivity contribution in [2.45, 2.75) is 44.8 Å². The van der Waals surface area contributed by atoms with Gasteiger partial charge in [-0.05, 0) is 50.7 Å². The van der Waals surface area contributed by atoms with Crippen LogP contribution in [-0.4, -0.2) is 42.9 Å². The summed E-state index contributed by atoms with van der Waals surface area (Å²) in [5, 5.41) is 10.8. The maximum atomic E-state index is 10.8. The summed E-state index contributed by atoms with van der Waals surface area (Å²) >= 11 is 3.48. The van der Waals surface area contributed by atoms with Gasteiger partial charge in [-0.25, -0.2) is 0 Å². The van der Waals surface area contributed by atoms with Crippen molar-refractivity contribution in [3.05, 3.63) is 28.2 Å². The third kappa shape index (κ3) is 3.54. The average Bonchev–Trinajstić information content (AvgIpc) is 2.40. The highest BCUT2D eigenvalue weighted by Gasteiger charge is 2.37. The van der Waals surface area contributed by atoms with Gasteiger partial charge in [0, 0.05) is 16.4 Å². The quantitative estimate of drug-likeness (QED) is 0.822. The van der Waals surface area contributed by atoms with Crippen LogP contribution in [0.4, 0.5) is 0 Å². The van der Waals surface area contributed by atoms with Crippen molar-refractivity contribution in [3.63, 3.8) is 0 Å². The zero-order valence-corrected chi connectivity index (χ0v) is 14.7. The van der Waals surface area contributed by atoms with Crippen LogP contribution in [0.5, 0.6) is 5.75 Å². The van der Waals surface area contributed by atoms with E-state index in [0.717, 1.165) is 28.6 Å². The van der Waals surface area contributed by atoms with Gasteiger partial charge < -0.3 is 14.7 Å². The summed E-state index contributed by atoms with van der Waals surface area (Å²) in [6, 6.07) is 5.91. The Hall–Kier alpha value is -0.580. The van der Waals surface area contributed by atoms with Crippen LogP contribution in [0.3, 0.4) is 0 Å². The largest absolute Gasteiger partial charge is 0.496 e. The smallest absolute Gasteiger partial charge is 0.122 e. The van der Waals surface area contributed by atoms with E-state index in [-0.39, 0.29) is 5.54 Å². The highest BCUT2D eigenvalue weighted by molar-refractivity contribution is 9.10. The minimum absolute atomic E-state index is 0.201. The molecule has 0 aliphatic heterocycles. The Bertz CT molecular complexity index is 430. The zero-order valence-electron chi connectivity index (χ0n) is 13.1. The predicted molar refractivity (Wildman–Crippen MR) is 87.4 cm³/mol. The first-order valence-electron chi connectivity index (χ1n) is 7.09. The van der Waals surface area contributed by atoms with Crippen molar-refractivity contribution in [1.82, 2.24) is 4.90 Å². The molecule has 1 aromatic rings. The van der Waals surface area contributed by atoms with Gasteiger partial charge in [-0.3, -0.25) is 0 Å². The van der Waals surface area contributed by atoms with Gasteiger partial charge in [0.25, 0.3) is 0 Å². The van der Waals surface area contributed by atoms with Gasteiger partial charge in [0.15, 0.2) is 0 Å². The second-order valence-corrected chi connectivity index (χ2v) is 6.30. The van der Waals surface area contributed by atoms with E-state index in [0.29, 0.717) is 6.42 Å². The fourth-order valence-corrected chi connectivity index (χ4v) is 3.37. The van der Waals surface area contributed by atoms with Gasteiger partial charge in [0.05, 0.1) is 13.2 Å². The van der Waals surface area contributed by atoms with E-state index in [9.17, 15) is 5.11 Å². The van der Waals surface area contributed by atoms with Crippen LogP contribution in [-0.2, 0) is 6.42 Å². The highest BCUT2D eigenvalue weighted by Crippen LogP contribution is 2.31. The van der Waals surface area contributed by atoms with E-state index >= 15 is 0 Å². The number of methoxy groups -OCH3 is 1. The van der Waals surface area contributed by atoms with Crippen molar-refractivity contribution in [2.24, 2.45) is 0 Å². The molecular weight excluding hydrogens is 318 g/mol. The molecule has 0 radical (unpaired) electrons. The molecule has 0 aliphatic carbocycles. The summed E-state index contributed by atoms with van der Waals surface area (Å²) in [6.45, 7) is 4.26. The normalized spacial score (nSPS) is 13.6. The molecule has 0 fully saturated rings. The van der Waals surface area contributed by atoms with Crippen molar-refractivity contribution < 1.29 is 9.84 Å². The summed E-state index contributed by atoms with van der Waals surface area (Å²) in [5.74, 6) is 0.826. The molecule has 0 aliphatic rings. The number of likely N-dealkylation sites (N-methyl/N-ethyl adjacent to an activating group) is 1. The first-order valence-corrected chi connectivity index (χ1v) is 7.88. The van der Waals surface area contributed by atoms with Gasteiger partial charge >= 0.3 is 0 Å². The predicted octanol–water partition coefficient (Wildman–Crippen LogP) is 3.48. The molecule has 4 heteroatoms. The third-order valence-electron chi connectivity index (χ3n) is 4.39. The summed E-state index contributed by atoms with van der Waals surface area (Å²) in [5.41, 5.74) is 0.829. The maximum absolute atomic E-state index is 10.8. The van der Waals surface area contributed by atoms with Crippen molar-refractivity contribution in [2.75, 3.05) is 21.2 Å². The van der Waals surface area contributed by atoms with Crippen LogP contribution >= 0.6 is 15.9 Å². The van der Waals surface area contributed by atoms with Gasteiger partial charge in [0.1, 0.15) is 5.75 Å². The van der Waals surface area contributed by atoms with Crippen LogP contribution in [0.25, 0.3) is 0 Å². The van der Waals surface area contributed by atoms with Crippen LogP contribution in [0.1, 0.15) is 32.3 Å². The summed E-state index contributed by atoms with van der Waals surface area (Å²) < 4.78 is 6.40. The number of hydrogen-bond acceptors (Lipinski definition) is 3. The molecule has 0 spiro atoms. The Balaban J connectivity index is 3.05. The number of rotatable bonds is 7. The molecule has 0 aromatic heterocycles. The minimum Gasteiger partial charge on any atom is -0.496 e. The molecule has 3 nitrogen and oxygen atoms in total. The van der Waals surface area contributed by atoms with Crippen molar-refractivity contribution >= 4 is 15.9 Å². The topological polar surface area (TPSA) is 32.7 Å². The molecule has 0 saturated heterocycles. The SMILES string of the molecule is CCC(CC)(C(O)Cc1cc(Br)ccc1OC)N(C)C. The first kappa shape index (κ1) is 17.5. The Morgan fingerprint density at radius 2 is 1.90 bits per heavy atom. The second-order valence-electron chi connectivity index (χ2n) is 5.38. The van der Waals surface area contributed by atoms with Crippen LogP contribution in [0.15, 0.2) is 22.7 Å². The van der Waals surface area contributed by atoms with E-state index in [1.165, 1.54) is 0 Å². The Morgan fingerprint density at radius 3 is 2.35 bits per heavy atom.